The van der Waals surface area contributed by atoms with Gasteiger partial charge in [-0.1, -0.05) is 27.2 Å². The lowest BCUT2D eigenvalue weighted by Gasteiger charge is -2.27. The summed E-state index contributed by atoms with van der Waals surface area (Å²) in [7, 11) is 2.21. The summed E-state index contributed by atoms with van der Waals surface area (Å²) < 4.78 is 0. The summed E-state index contributed by atoms with van der Waals surface area (Å²) in [5.74, 6) is 0.746. The Morgan fingerprint density at radius 2 is 1.79 bits per heavy atom. The average molecular weight is 200 g/mol. The second-order valence-electron chi connectivity index (χ2n) is 4.57. The molecule has 0 aliphatic heterocycles. The number of likely N-dealkylation sites (N-methyl/N-ethyl adjacent to an activating group) is 1. The summed E-state index contributed by atoms with van der Waals surface area (Å²) in [6, 6.07) is 0.683. The molecule has 1 unspecified atom stereocenters. The Morgan fingerprint density at radius 1 is 1.14 bits per heavy atom. The van der Waals surface area contributed by atoms with E-state index in [-0.39, 0.29) is 0 Å². The molecule has 0 heterocycles. The molecule has 0 bridgehead atoms. The van der Waals surface area contributed by atoms with Crippen molar-refractivity contribution in [2.45, 2.75) is 46.6 Å². The standard InChI is InChI=1S/C12H28N2/c1-6-7-8-13-9-10-14(5)12(4)11(2)3/h11-13H,6-10H2,1-5H3. The highest BCUT2D eigenvalue weighted by Gasteiger charge is 2.11. The Hall–Kier alpha value is -0.0800. The normalized spacial score (nSPS) is 13.9. The largest absolute Gasteiger partial charge is 0.315 e. The van der Waals surface area contributed by atoms with Gasteiger partial charge in [-0.05, 0) is 32.9 Å². The van der Waals surface area contributed by atoms with E-state index in [1.165, 1.54) is 19.4 Å². The van der Waals surface area contributed by atoms with Crippen LogP contribution >= 0.6 is 0 Å². The minimum Gasteiger partial charge on any atom is -0.315 e. The lowest BCUT2D eigenvalue weighted by Crippen LogP contribution is -2.38. The molecule has 0 saturated carbocycles. The van der Waals surface area contributed by atoms with Gasteiger partial charge >= 0.3 is 0 Å². The van der Waals surface area contributed by atoms with Crippen LogP contribution in [-0.4, -0.2) is 37.6 Å². The molecule has 0 saturated heterocycles. The Morgan fingerprint density at radius 3 is 2.29 bits per heavy atom. The van der Waals surface area contributed by atoms with Gasteiger partial charge in [-0.15, -0.1) is 0 Å². The number of hydrogen-bond acceptors (Lipinski definition) is 2. The molecule has 0 rings (SSSR count). The lowest BCUT2D eigenvalue weighted by atomic mass is 10.1. The number of nitrogens with one attached hydrogen (secondary N) is 1. The van der Waals surface area contributed by atoms with Gasteiger partial charge in [-0.2, -0.15) is 0 Å². The van der Waals surface area contributed by atoms with Gasteiger partial charge in [-0.25, -0.2) is 0 Å². The van der Waals surface area contributed by atoms with Crippen molar-refractivity contribution in [3.8, 4) is 0 Å². The Kier molecular flexibility index (Phi) is 8.20. The van der Waals surface area contributed by atoms with Crippen LogP contribution in [0.15, 0.2) is 0 Å². The summed E-state index contributed by atoms with van der Waals surface area (Å²) >= 11 is 0. The molecule has 14 heavy (non-hydrogen) atoms. The van der Waals surface area contributed by atoms with Crippen LogP contribution in [0.4, 0.5) is 0 Å². The minimum absolute atomic E-state index is 0.683. The van der Waals surface area contributed by atoms with E-state index in [1.54, 1.807) is 0 Å². The highest BCUT2D eigenvalue weighted by atomic mass is 15.1. The van der Waals surface area contributed by atoms with E-state index >= 15 is 0 Å². The van der Waals surface area contributed by atoms with E-state index in [9.17, 15) is 0 Å². The number of nitrogens with zero attached hydrogens (tertiary/aromatic N) is 1. The van der Waals surface area contributed by atoms with Crippen molar-refractivity contribution in [1.29, 1.82) is 0 Å². The van der Waals surface area contributed by atoms with Gasteiger partial charge in [0, 0.05) is 19.1 Å². The van der Waals surface area contributed by atoms with Gasteiger partial charge in [0.05, 0.1) is 0 Å². The summed E-state index contributed by atoms with van der Waals surface area (Å²) in [6.45, 7) is 12.5. The SMILES string of the molecule is CCCCNCCN(C)C(C)C(C)C. The molecule has 0 fully saturated rings. The molecule has 0 amide bonds. The first-order valence-electron chi connectivity index (χ1n) is 6.00. The monoisotopic (exact) mass is 200 g/mol. The van der Waals surface area contributed by atoms with E-state index in [0.29, 0.717) is 6.04 Å². The van der Waals surface area contributed by atoms with Crippen LogP contribution in [0.1, 0.15) is 40.5 Å². The van der Waals surface area contributed by atoms with Crippen LogP contribution in [0.25, 0.3) is 0 Å². The van der Waals surface area contributed by atoms with Gasteiger partial charge in [0.25, 0.3) is 0 Å². The van der Waals surface area contributed by atoms with Crippen molar-refractivity contribution < 1.29 is 0 Å². The molecule has 0 aliphatic rings. The second kappa shape index (κ2) is 8.25. The van der Waals surface area contributed by atoms with Gasteiger partial charge in [0.15, 0.2) is 0 Å². The van der Waals surface area contributed by atoms with E-state index in [0.717, 1.165) is 19.0 Å². The fourth-order valence-electron chi connectivity index (χ4n) is 1.39. The third-order valence-electron chi connectivity index (χ3n) is 3.01. The molecule has 1 atom stereocenters. The molecule has 2 heteroatoms. The first-order chi connectivity index (χ1) is 6.59. The van der Waals surface area contributed by atoms with Gasteiger partial charge in [0.1, 0.15) is 0 Å². The maximum atomic E-state index is 3.47. The predicted molar refractivity (Wildman–Crippen MR) is 64.7 cm³/mol. The van der Waals surface area contributed by atoms with Crippen LogP contribution in [0.3, 0.4) is 0 Å². The van der Waals surface area contributed by atoms with Crippen molar-refractivity contribution >= 4 is 0 Å². The molecule has 0 aliphatic carbocycles. The molecular weight excluding hydrogens is 172 g/mol. The molecule has 0 aromatic heterocycles. The second-order valence-corrected chi connectivity index (χ2v) is 4.57. The zero-order valence-corrected chi connectivity index (χ0v) is 10.6. The summed E-state index contributed by atoms with van der Waals surface area (Å²) in [5.41, 5.74) is 0. The molecule has 86 valence electrons. The van der Waals surface area contributed by atoms with Crippen LogP contribution in [0, 0.1) is 5.92 Å². The predicted octanol–water partition coefficient (Wildman–Crippen LogP) is 2.35. The first-order valence-corrected chi connectivity index (χ1v) is 6.00. The number of hydrogen-bond donors (Lipinski definition) is 1. The van der Waals surface area contributed by atoms with E-state index in [4.69, 9.17) is 0 Å². The zero-order valence-electron chi connectivity index (χ0n) is 10.6. The fraction of sp³-hybridized carbons (Fsp3) is 1.00. The molecule has 1 N–H and O–H groups in total. The van der Waals surface area contributed by atoms with E-state index < -0.39 is 0 Å². The Bertz CT molecular complexity index is 123. The fourth-order valence-corrected chi connectivity index (χ4v) is 1.39. The minimum atomic E-state index is 0.683. The van der Waals surface area contributed by atoms with Gasteiger partial charge in [0.2, 0.25) is 0 Å². The molecule has 2 nitrogen and oxygen atoms in total. The summed E-state index contributed by atoms with van der Waals surface area (Å²) in [4.78, 5) is 2.43. The van der Waals surface area contributed by atoms with Crippen molar-refractivity contribution in [2.24, 2.45) is 5.92 Å². The number of rotatable bonds is 8. The van der Waals surface area contributed by atoms with E-state index in [1.807, 2.05) is 0 Å². The molecule has 0 spiro atoms. The van der Waals surface area contributed by atoms with Crippen LogP contribution < -0.4 is 5.32 Å². The molecule has 0 radical (unpaired) electrons. The van der Waals surface area contributed by atoms with Crippen molar-refractivity contribution in [3.05, 3.63) is 0 Å². The van der Waals surface area contributed by atoms with Crippen molar-refractivity contribution in [3.63, 3.8) is 0 Å². The van der Waals surface area contributed by atoms with E-state index in [2.05, 4.69) is 45.0 Å². The van der Waals surface area contributed by atoms with Gasteiger partial charge < -0.3 is 10.2 Å². The van der Waals surface area contributed by atoms with Gasteiger partial charge in [-0.3, -0.25) is 0 Å². The highest BCUT2D eigenvalue weighted by molar-refractivity contribution is 4.67. The molecule has 0 aromatic rings. The Balaban J connectivity index is 3.39. The maximum absolute atomic E-state index is 3.47. The lowest BCUT2D eigenvalue weighted by molar-refractivity contribution is 0.208. The average Bonchev–Trinajstić information content (AvgIpc) is 2.16. The topological polar surface area (TPSA) is 15.3 Å². The van der Waals surface area contributed by atoms with Crippen LogP contribution in [-0.2, 0) is 0 Å². The third kappa shape index (κ3) is 6.39. The summed E-state index contributed by atoms with van der Waals surface area (Å²) in [5, 5.41) is 3.47. The van der Waals surface area contributed by atoms with Crippen LogP contribution in [0.2, 0.25) is 0 Å². The first kappa shape index (κ1) is 13.9. The van der Waals surface area contributed by atoms with Crippen molar-refractivity contribution in [1.82, 2.24) is 10.2 Å². The third-order valence-corrected chi connectivity index (χ3v) is 3.01. The quantitative estimate of drug-likeness (QED) is 0.605. The maximum Gasteiger partial charge on any atom is 0.0107 e. The molecule has 0 aromatic carbocycles. The molecular formula is C12H28N2. The summed E-state index contributed by atoms with van der Waals surface area (Å²) in [6.07, 6.45) is 2.58. The smallest absolute Gasteiger partial charge is 0.0107 e. The number of unbranched alkanes of at least 4 members (excludes halogenated alkanes) is 1. The Labute approximate surface area is 90.1 Å². The van der Waals surface area contributed by atoms with Crippen molar-refractivity contribution in [2.75, 3.05) is 26.7 Å². The highest BCUT2D eigenvalue weighted by Crippen LogP contribution is 2.06. The van der Waals surface area contributed by atoms with Crippen LogP contribution in [0.5, 0.6) is 0 Å². The zero-order chi connectivity index (χ0) is 11.0.